The van der Waals surface area contributed by atoms with Crippen LogP contribution in [0, 0.1) is 0 Å². The van der Waals surface area contributed by atoms with Crippen molar-refractivity contribution in [3.8, 4) is 0 Å². The summed E-state index contributed by atoms with van der Waals surface area (Å²) in [5.74, 6) is -1.25. The molecule has 0 fully saturated rings. The van der Waals surface area contributed by atoms with E-state index in [4.69, 9.17) is 5.11 Å². The molecule has 0 aromatic heterocycles. The van der Waals surface area contributed by atoms with Gasteiger partial charge in [0.05, 0.1) is 16.2 Å². The average molecular weight is 228 g/mol. The normalized spacial score (nSPS) is 11.3. The van der Waals surface area contributed by atoms with Gasteiger partial charge in [0.2, 0.25) is 0 Å². The predicted molar refractivity (Wildman–Crippen MR) is 55.7 cm³/mol. The molecule has 15 heavy (non-hydrogen) atoms. The van der Waals surface area contributed by atoms with Crippen LogP contribution in [0.4, 0.5) is 0 Å². The lowest BCUT2D eigenvalue weighted by Crippen LogP contribution is -2.11. The molecule has 0 aliphatic heterocycles. The lowest BCUT2D eigenvalue weighted by molar-refractivity contribution is 0.0692. The highest BCUT2D eigenvalue weighted by Crippen LogP contribution is 2.17. The quantitative estimate of drug-likeness (QED) is 0.849. The van der Waals surface area contributed by atoms with E-state index in [1.54, 1.807) is 6.92 Å². The Labute approximate surface area is 88.5 Å². The number of carboxylic acid groups (broad SMARTS) is 1. The summed E-state index contributed by atoms with van der Waals surface area (Å²) >= 11 is 0. The van der Waals surface area contributed by atoms with E-state index in [2.05, 4.69) is 0 Å². The molecule has 0 saturated carbocycles. The highest BCUT2D eigenvalue weighted by Gasteiger charge is 2.20. The van der Waals surface area contributed by atoms with Crippen LogP contribution in [0.15, 0.2) is 29.2 Å². The monoisotopic (exact) mass is 228 g/mol. The van der Waals surface area contributed by atoms with Crippen LogP contribution < -0.4 is 0 Å². The first-order chi connectivity index (χ1) is 6.99. The molecule has 0 aliphatic carbocycles. The number of hydrogen-bond donors (Lipinski definition) is 1. The second kappa shape index (κ2) is 4.44. The lowest BCUT2D eigenvalue weighted by Gasteiger charge is -2.05. The van der Waals surface area contributed by atoms with Gasteiger partial charge >= 0.3 is 5.97 Å². The molecule has 0 radical (unpaired) electrons. The van der Waals surface area contributed by atoms with Crippen molar-refractivity contribution in [2.75, 3.05) is 5.75 Å². The van der Waals surface area contributed by atoms with Gasteiger partial charge in [-0.15, -0.1) is 0 Å². The molecule has 1 aromatic carbocycles. The Morgan fingerprint density at radius 1 is 1.33 bits per heavy atom. The molecule has 0 amide bonds. The minimum atomic E-state index is -3.47. The van der Waals surface area contributed by atoms with Gasteiger partial charge in [-0.3, -0.25) is 0 Å². The maximum atomic E-state index is 11.7. The van der Waals surface area contributed by atoms with E-state index in [9.17, 15) is 13.2 Å². The Morgan fingerprint density at radius 2 is 1.93 bits per heavy atom. The van der Waals surface area contributed by atoms with Gasteiger partial charge in [0.25, 0.3) is 0 Å². The molecular formula is C10H12O4S. The molecule has 1 rings (SSSR count). The summed E-state index contributed by atoms with van der Waals surface area (Å²) in [5.41, 5.74) is -0.161. The van der Waals surface area contributed by atoms with Crippen molar-refractivity contribution in [3.05, 3.63) is 29.8 Å². The first-order valence-electron chi connectivity index (χ1n) is 4.54. The van der Waals surface area contributed by atoms with Crippen molar-refractivity contribution in [2.45, 2.75) is 18.2 Å². The number of rotatable bonds is 4. The fourth-order valence-corrected chi connectivity index (χ4v) is 2.83. The number of hydrogen-bond acceptors (Lipinski definition) is 3. The minimum Gasteiger partial charge on any atom is -0.478 e. The molecule has 0 aliphatic rings. The predicted octanol–water partition coefficient (Wildman–Crippen LogP) is 1.57. The van der Waals surface area contributed by atoms with Gasteiger partial charge in [0.15, 0.2) is 9.84 Å². The molecule has 4 nitrogen and oxygen atoms in total. The summed E-state index contributed by atoms with van der Waals surface area (Å²) in [7, 11) is -3.47. The van der Waals surface area contributed by atoms with E-state index in [0.29, 0.717) is 6.42 Å². The summed E-state index contributed by atoms with van der Waals surface area (Å²) < 4.78 is 23.4. The molecular weight excluding hydrogens is 216 g/mol. The van der Waals surface area contributed by atoms with E-state index in [0.717, 1.165) is 0 Å². The van der Waals surface area contributed by atoms with Crippen LogP contribution in [0.3, 0.4) is 0 Å². The van der Waals surface area contributed by atoms with Crippen molar-refractivity contribution in [3.63, 3.8) is 0 Å². The van der Waals surface area contributed by atoms with Crippen LogP contribution in [-0.4, -0.2) is 25.2 Å². The maximum Gasteiger partial charge on any atom is 0.337 e. The van der Waals surface area contributed by atoms with Gasteiger partial charge in [-0.25, -0.2) is 13.2 Å². The Kier molecular flexibility index (Phi) is 3.47. The molecule has 5 heteroatoms. The standard InChI is InChI=1S/C10H12O4S/c1-2-7-15(13,14)9-6-4-3-5-8(9)10(11)12/h3-6H,2,7H2,1H3,(H,11,12). The zero-order valence-corrected chi connectivity index (χ0v) is 9.12. The summed E-state index contributed by atoms with van der Waals surface area (Å²) in [6, 6.07) is 5.66. The van der Waals surface area contributed by atoms with E-state index < -0.39 is 15.8 Å². The lowest BCUT2D eigenvalue weighted by atomic mass is 10.2. The second-order valence-corrected chi connectivity index (χ2v) is 5.20. The summed E-state index contributed by atoms with van der Waals surface area (Å²) in [4.78, 5) is 10.7. The highest BCUT2D eigenvalue weighted by molar-refractivity contribution is 7.91. The van der Waals surface area contributed by atoms with Gasteiger partial charge in [0.1, 0.15) is 0 Å². The number of aromatic carboxylic acids is 1. The van der Waals surface area contributed by atoms with Crippen LogP contribution >= 0.6 is 0 Å². The summed E-state index contributed by atoms with van der Waals surface area (Å²) in [6.07, 6.45) is 0.469. The highest BCUT2D eigenvalue weighted by atomic mass is 32.2. The van der Waals surface area contributed by atoms with E-state index in [1.807, 2.05) is 0 Å². The largest absolute Gasteiger partial charge is 0.478 e. The van der Waals surface area contributed by atoms with E-state index in [1.165, 1.54) is 24.3 Å². The zero-order valence-electron chi connectivity index (χ0n) is 8.30. The third kappa shape index (κ3) is 2.56. The van der Waals surface area contributed by atoms with Gasteiger partial charge in [-0.05, 0) is 18.6 Å². The van der Waals surface area contributed by atoms with Crippen LogP contribution in [0.1, 0.15) is 23.7 Å². The number of carbonyl (C=O) groups is 1. The topological polar surface area (TPSA) is 71.4 Å². The van der Waals surface area contributed by atoms with Crippen LogP contribution in [0.2, 0.25) is 0 Å². The van der Waals surface area contributed by atoms with E-state index >= 15 is 0 Å². The van der Waals surface area contributed by atoms with E-state index in [-0.39, 0.29) is 16.2 Å². The van der Waals surface area contributed by atoms with Crippen molar-refractivity contribution in [1.29, 1.82) is 0 Å². The van der Waals surface area contributed by atoms with Crippen molar-refractivity contribution >= 4 is 15.8 Å². The molecule has 0 spiro atoms. The summed E-state index contributed by atoms with van der Waals surface area (Å²) in [6.45, 7) is 1.74. The summed E-state index contributed by atoms with van der Waals surface area (Å²) in [5, 5.41) is 8.83. The Balaban J connectivity index is 3.31. The Hall–Kier alpha value is -1.36. The first kappa shape index (κ1) is 11.7. The number of sulfone groups is 1. The molecule has 0 saturated heterocycles. The third-order valence-corrected chi connectivity index (χ3v) is 3.90. The first-order valence-corrected chi connectivity index (χ1v) is 6.19. The van der Waals surface area contributed by atoms with Gasteiger partial charge < -0.3 is 5.11 Å². The molecule has 82 valence electrons. The molecule has 0 heterocycles. The van der Waals surface area contributed by atoms with Crippen molar-refractivity contribution < 1.29 is 18.3 Å². The Morgan fingerprint density at radius 3 is 2.47 bits per heavy atom. The van der Waals surface area contributed by atoms with Crippen LogP contribution in [0.5, 0.6) is 0 Å². The molecule has 0 atom stereocenters. The fraction of sp³-hybridized carbons (Fsp3) is 0.300. The van der Waals surface area contributed by atoms with Gasteiger partial charge in [-0.2, -0.15) is 0 Å². The minimum absolute atomic E-state index is 0.0305. The smallest absolute Gasteiger partial charge is 0.337 e. The number of carboxylic acids is 1. The SMILES string of the molecule is CCCS(=O)(=O)c1ccccc1C(=O)O. The maximum absolute atomic E-state index is 11.7. The van der Waals surface area contributed by atoms with Crippen molar-refractivity contribution in [2.24, 2.45) is 0 Å². The van der Waals surface area contributed by atoms with Crippen LogP contribution in [0.25, 0.3) is 0 Å². The molecule has 1 aromatic rings. The van der Waals surface area contributed by atoms with Gasteiger partial charge in [-0.1, -0.05) is 19.1 Å². The van der Waals surface area contributed by atoms with Gasteiger partial charge in [0, 0.05) is 0 Å². The zero-order chi connectivity index (χ0) is 11.5. The third-order valence-electron chi connectivity index (χ3n) is 1.93. The molecule has 0 bridgehead atoms. The molecule has 0 unspecified atom stereocenters. The van der Waals surface area contributed by atoms with Crippen molar-refractivity contribution in [1.82, 2.24) is 0 Å². The molecule has 1 N–H and O–H groups in total. The fourth-order valence-electron chi connectivity index (χ4n) is 1.29. The van der Waals surface area contributed by atoms with Crippen LogP contribution in [-0.2, 0) is 9.84 Å². The average Bonchev–Trinajstić information content (AvgIpc) is 2.17. The number of benzene rings is 1. The Bertz CT molecular complexity index is 462. The second-order valence-electron chi connectivity index (χ2n) is 3.12.